The number of ether oxygens (including phenoxy) is 1. The van der Waals surface area contributed by atoms with E-state index in [1.807, 2.05) is 0 Å². The standard InChI is InChI=1S/C30H35F5N4O2/c1-17-11-22-21-6-5-18(29(40)41-3)12-25(21)37-27(22)28(39(17)16-30(2,34)35)26-23(32)13-20(14-24(26)33)36-19-7-10-38(15-19)9-4-8-31/h5-6,12-14,17,19,28,36-37H,4,7-11,15-16H2,1-3H3/t17-,19+,28-/m1/s1. The second kappa shape index (κ2) is 11.6. The van der Waals surface area contributed by atoms with Crippen molar-refractivity contribution in [2.24, 2.45) is 0 Å². The summed E-state index contributed by atoms with van der Waals surface area (Å²) in [6, 6.07) is 5.71. The van der Waals surface area contributed by atoms with E-state index in [-0.39, 0.29) is 17.3 Å². The van der Waals surface area contributed by atoms with Crippen LogP contribution in [0.1, 0.15) is 59.9 Å². The van der Waals surface area contributed by atoms with Crippen molar-refractivity contribution < 1.29 is 31.5 Å². The van der Waals surface area contributed by atoms with Crippen molar-refractivity contribution in [1.29, 1.82) is 0 Å². The second-order valence-corrected chi connectivity index (χ2v) is 11.3. The quantitative estimate of drug-likeness (QED) is 0.239. The molecule has 0 unspecified atom stereocenters. The Balaban J connectivity index is 1.53. The van der Waals surface area contributed by atoms with Crippen molar-refractivity contribution in [2.45, 2.75) is 57.2 Å². The zero-order valence-corrected chi connectivity index (χ0v) is 23.4. The molecule has 0 bridgehead atoms. The van der Waals surface area contributed by atoms with Crippen molar-refractivity contribution in [2.75, 3.05) is 45.3 Å². The molecule has 1 saturated heterocycles. The Bertz CT molecular complexity index is 1400. The van der Waals surface area contributed by atoms with Crippen molar-refractivity contribution in [3.8, 4) is 0 Å². The summed E-state index contributed by atoms with van der Waals surface area (Å²) >= 11 is 0. The highest BCUT2D eigenvalue weighted by Gasteiger charge is 2.42. The van der Waals surface area contributed by atoms with Crippen LogP contribution in [0, 0.1) is 11.6 Å². The van der Waals surface area contributed by atoms with E-state index in [0.29, 0.717) is 42.7 Å². The maximum atomic E-state index is 15.9. The van der Waals surface area contributed by atoms with Crippen molar-refractivity contribution in [3.63, 3.8) is 0 Å². The number of aromatic nitrogens is 1. The number of halogens is 5. The fourth-order valence-corrected chi connectivity index (χ4v) is 6.29. The molecule has 3 aromatic rings. The summed E-state index contributed by atoms with van der Waals surface area (Å²) in [5, 5.41) is 3.93. The van der Waals surface area contributed by atoms with E-state index >= 15 is 8.78 Å². The summed E-state index contributed by atoms with van der Waals surface area (Å²) < 4.78 is 77.9. The smallest absolute Gasteiger partial charge is 0.337 e. The van der Waals surface area contributed by atoms with Gasteiger partial charge in [-0.25, -0.2) is 22.4 Å². The Hall–Kier alpha value is -3.18. The third-order valence-corrected chi connectivity index (χ3v) is 8.09. The number of H-pyrrole nitrogens is 1. The molecule has 0 aliphatic carbocycles. The summed E-state index contributed by atoms with van der Waals surface area (Å²) in [7, 11) is 1.27. The molecule has 0 radical (unpaired) electrons. The zero-order chi connectivity index (χ0) is 29.5. The molecule has 11 heteroatoms. The molecule has 2 aliphatic rings. The Labute approximate surface area is 235 Å². The van der Waals surface area contributed by atoms with Crippen molar-refractivity contribution in [1.82, 2.24) is 14.8 Å². The van der Waals surface area contributed by atoms with Crippen LogP contribution in [0.2, 0.25) is 0 Å². The van der Waals surface area contributed by atoms with Crippen LogP contribution >= 0.6 is 0 Å². The molecular formula is C30H35F5N4O2. The van der Waals surface area contributed by atoms with Gasteiger partial charge in [0.25, 0.3) is 5.92 Å². The van der Waals surface area contributed by atoms with Gasteiger partial charge in [-0.3, -0.25) is 9.29 Å². The highest BCUT2D eigenvalue weighted by atomic mass is 19.3. The van der Waals surface area contributed by atoms with Crippen LogP contribution < -0.4 is 5.32 Å². The molecule has 6 nitrogen and oxygen atoms in total. The van der Waals surface area contributed by atoms with Gasteiger partial charge >= 0.3 is 5.97 Å². The monoisotopic (exact) mass is 578 g/mol. The number of esters is 1. The van der Waals surface area contributed by atoms with Gasteiger partial charge in [0.2, 0.25) is 0 Å². The zero-order valence-electron chi connectivity index (χ0n) is 23.4. The number of hydrogen-bond acceptors (Lipinski definition) is 5. The van der Waals surface area contributed by atoms with Gasteiger partial charge in [-0.15, -0.1) is 0 Å². The summed E-state index contributed by atoms with van der Waals surface area (Å²) in [4.78, 5) is 18.8. The van der Waals surface area contributed by atoms with Gasteiger partial charge < -0.3 is 19.9 Å². The number of fused-ring (bicyclic) bond motifs is 3. The van der Waals surface area contributed by atoms with Gasteiger partial charge in [0, 0.05) is 66.5 Å². The molecule has 5 rings (SSSR count). The predicted octanol–water partition coefficient (Wildman–Crippen LogP) is 6.07. The lowest BCUT2D eigenvalue weighted by Gasteiger charge is -2.42. The molecular weight excluding hydrogens is 543 g/mol. The molecule has 41 heavy (non-hydrogen) atoms. The number of carbonyl (C=O) groups is 1. The molecule has 0 saturated carbocycles. The molecule has 0 spiro atoms. The average molecular weight is 579 g/mol. The Morgan fingerprint density at radius 3 is 2.59 bits per heavy atom. The number of rotatable bonds is 9. The van der Waals surface area contributed by atoms with Gasteiger partial charge in [0.15, 0.2) is 0 Å². The average Bonchev–Trinajstić information content (AvgIpc) is 3.51. The van der Waals surface area contributed by atoms with E-state index in [2.05, 4.69) is 15.2 Å². The molecule has 1 aromatic heterocycles. The first-order valence-electron chi connectivity index (χ1n) is 13.9. The van der Waals surface area contributed by atoms with Gasteiger partial charge in [-0.05, 0) is 56.0 Å². The minimum absolute atomic E-state index is 0.0476. The summed E-state index contributed by atoms with van der Waals surface area (Å²) in [6.45, 7) is 3.50. The first-order valence-corrected chi connectivity index (χ1v) is 13.9. The fraction of sp³-hybridized carbons (Fsp3) is 0.500. The molecule has 3 heterocycles. The number of carbonyl (C=O) groups excluding carboxylic acids is 1. The van der Waals surface area contributed by atoms with Crippen molar-refractivity contribution >= 4 is 22.6 Å². The number of nitrogens with zero attached hydrogens (tertiary/aromatic N) is 2. The number of benzene rings is 2. The van der Waals surface area contributed by atoms with Crippen LogP contribution in [0.4, 0.5) is 27.6 Å². The summed E-state index contributed by atoms with van der Waals surface area (Å²) in [6.07, 6.45) is 1.57. The van der Waals surface area contributed by atoms with Crippen LogP contribution in [0.3, 0.4) is 0 Å². The number of aromatic amines is 1. The Morgan fingerprint density at radius 1 is 1.20 bits per heavy atom. The number of nitrogens with one attached hydrogen (secondary N) is 2. The van der Waals surface area contributed by atoms with Gasteiger partial charge in [-0.1, -0.05) is 6.07 Å². The van der Waals surface area contributed by atoms with Crippen LogP contribution in [0.5, 0.6) is 0 Å². The molecule has 2 aliphatic heterocycles. The third kappa shape index (κ3) is 6.06. The van der Waals surface area contributed by atoms with E-state index < -0.39 is 48.8 Å². The predicted molar refractivity (Wildman–Crippen MR) is 147 cm³/mol. The minimum Gasteiger partial charge on any atom is -0.465 e. The molecule has 3 atom stereocenters. The normalized spacial score (nSPS) is 21.8. The number of hydrogen-bond donors (Lipinski definition) is 2. The minimum atomic E-state index is -3.11. The van der Waals surface area contributed by atoms with Crippen LogP contribution in [0.25, 0.3) is 10.9 Å². The number of likely N-dealkylation sites (tertiary alicyclic amines) is 1. The number of alkyl halides is 3. The molecule has 2 aromatic carbocycles. The highest BCUT2D eigenvalue weighted by molar-refractivity contribution is 5.96. The van der Waals surface area contributed by atoms with Crippen LogP contribution in [-0.4, -0.2) is 78.7 Å². The topological polar surface area (TPSA) is 60.6 Å². The van der Waals surface area contributed by atoms with Gasteiger partial charge in [0.05, 0.1) is 31.9 Å². The van der Waals surface area contributed by atoms with Crippen molar-refractivity contribution in [3.05, 3.63) is 64.4 Å². The van der Waals surface area contributed by atoms with Crippen LogP contribution in [0.15, 0.2) is 30.3 Å². The molecule has 1 fully saturated rings. The third-order valence-electron chi connectivity index (χ3n) is 8.09. The molecule has 2 N–H and O–H groups in total. The largest absolute Gasteiger partial charge is 0.465 e. The fourth-order valence-electron chi connectivity index (χ4n) is 6.29. The first-order chi connectivity index (χ1) is 19.5. The lowest BCUT2D eigenvalue weighted by Crippen LogP contribution is -2.47. The summed E-state index contributed by atoms with van der Waals surface area (Å²) in [5.74, 6) is -5.34. The highest BCUT2D eigenvalue weighted by Crippen LogP contribution is 2.44. The summed E-state index contributed by atoms with van der Waals surface area (Å²) in [5.41, 5.74) is 1.98. The number of methoxy groups -OCH3 is 1. The number of anilines is 1. The van der Waals surface area contributed by atoms with Crippen LogP contribution in [-0.2, 0) is 11.2 Å². The van der Waals surface area contributed by atoms with E-state index in [1.54, 1.807) is 25.1 Å². The SMILES string of the molecule is COC(=O)c1ccc2c3c([nH]c2c1)[C@@H](c1c(F)cc(N[C@H]2CCN(CCCF)C2)cc1F)N(CC(C)(F)F)[C@H](C)C3. The molecule has 0 amide bonds. The van der Waals surface area contributed by atoms with E-state index in [0.717, 1.165) is 30.8 Å². The van der Waals surface area contributed by atoms with E-state index in [9.17, 15) is 18.0 Å². The van der Waals surface area contributed by atoms with Gasteiger partial charge in [-0.2, -0.15) is 0 Å². The van der Waals surface area contributed by atoms with E-state index in [1.165, 1.54) is 24.1 Å². The lowest BCUT2D eigenvalue weighted by atomic mass is 9.87. The maximum Gasteiger partial charge on any atom is 0.337 e. The Kier molecular flexibility index (Phi) is 8.29. The maximum absolute atomic E-state index is 15.9. The second-order valence-electron chi connectivity index (χ2n) is 11.3. The molecule has 222 valence electrons. The van der Waals surface area contributed by atoms with Gasteiger partial charge in [0.1, 0.15) is 11.6 Å². The first kappa shape index (κ1) is 29.3. The lowest BCUT2D eigenvalue weighted by molar-refractivity contribution is -0.0374. The van der Waals surface area contributed by atoms with E-state index in [4.69, 9.17) is 4.74 Å². The Morgan fingerprint density at radius 2 is 1.93 bits per heavy atom.